The smallest absolute Gasteiger partial charge is 0.216 e. The van der Waals surface area contributed by atoms with Crippen molar-refractivity contribution in [3.05, 3.63) is 23.5 Å². The van der Waals surface area contributed by atoms with E-state index in [0.717, 1.165) is 23.8 Å². The summed E-state index contributed by atoms with van der Waals surface area (Å²) in [5, 5.41) is 4.15. The number of hydrogen-bond donors (Lipinski definition) is 1. The zero-order valence-corrected chi connectivity index (χ0v) is 10.6. The minimum Gasteiger partial charge on any atom is -0.481 e. The highest BCUT2D eigenvalue weighted by atomic mass is 32.1. The lowest BCUT2D eigenvalue weighted by atomic mass is 10.4. The van der Waals surface area contributed by atoms with Crippen molar-refractivity contribution in [2.75, 3.05) is 13.7 Å². The highest BCUT2D eigenvalue weighted by molar-refractivity contribution is 7.14. The van der Waals surface area contributed by atoms with Crippen LogP contribution < -0.4 is 10.1 Å². The van der Waals surface area contributed by atoms with Gasteiger partial charge in [-0.2, -0.15) is 0 Å². The Morgan fingerprint density at radius 3 is 3.00 bits per heavy atom. The van der Waals surface area contributed by atoms with Gasteiger partial charge in [0, 0.05) is 23.7 Å². The zero-order chi connectivity index (χ0) is 12.1. The number of rotatable bonds is 5. The molecule has 0 atom stereocenters. The quantitative estimate of drug-likeness (QED) is 0.875. The Morgan fingerprint density at radius 2 is 2.24 bits per heavy atom. The molecule has 0 aliphatic heterocycles. The summed E-state index contributed by atoms with van der Waals surface area (Å²) in [6.07, 6.45) is 3.36. The van der Waals surface area contributed by atoms with E-state index in [1.165, 1.54) is 11.2 Å². The average molecular weight is 250 g/mol. The van der Waals surface area contributed by atoms with E-state index in [2.05, 4.69) is 27.2 Å². The summed E-state index contributed by atoms with van der Waals surface area (Å²) in [5.74, 6) is 0.554. The first-order valence-electron chi connectivity index (χ1n) is 5.35. The summed E-state index contributed by atoms with van der Waals surface area (Å²) in [5.41, 5.74) is 0.796. The normalized spacial score (nSPS) is 10.5. The second kappa shape index (κ2) is 5.70. The van der Waals surface area contributed by atoms with Crippen molar-refractivity contribution in [1.29, 1.82) is 0 Å². The Bertz CT molecular complexity index is 486. The van der Waals surface area contributed by atoms with Crippen LogP contribution in [0.2, 0.25) is 0 Å². The van der Waals surface area contributed by atoms with E-state index in [1.54, 1.807) is 24.5 Å². The first-order chi connectivity index (χ1) is 8.33. The third kappa shape index (κ3) is 2.98. The molecule has 0 saturated carbocycles. The molecule has 0 bridgehead atoms. The van der Waals surface area contributed by atoms with Crippen LogP contribution in [0, 0.1) is 0 Å². The molecule has 2 aromatic heterocycles. The molecule has 0 fully saturated rings. The van der Waals surface area contributed by atoms with E-state index in [0.29, 0.717) is 5.88 Å². The summed E-state index contributed by atoms with van der Waals surface area (Å²) in [7, 11) is 1.59. The minimum absolute atomic E-state index is 0.554. The Morgan fingerprint density at radius 1 is 1.35 bits per heavy atom. The molecule has 6 heteroatoms. The van der Waals surface area contributed by atoms with Gasteiger partial charge in [0.05, 0.1) is 7.11 Å². The van der Waals surface area contributed by atoms with Gasteiger partial charge < -0.3 is 10.1 Å². The van der Waals surface area contributed by atoms with E-state index in [4.69, 9.17) is 4.74 Å². The molecule has 0 radical (unpaired) electrons. The van der Waals surface area contributed by atoms with Gasteiger partial charge in [0.1, 0.15) is 17.0 Å². The van der Waals surface area contributed by atoms with Crippen molar-refractivity contribution in [3.8, 4) is 16.6 Å². The Balaban J connectivity index is 2.18. The fourth-order valence-corrected chi connectivity index (χ4v) is 2.17. The molecule has 17 heavy (non-hydrogen) atoms. The van der Waals surface area contributed by atoms with Gasteiger partial charge in [-0.25, -0.2) is 15.0 Å². The van der Waals surface area contributed by atoms with E-state index in [-0.39, 0.29) is 0 Å². The number of aromatic nitrogens is 3. The summed E-state index contributed by atoms with van der Waals surface area (Å²) in [6.45, 7) is 3.88. The predicted molar refractivity (Wildman–Crippen MR) is 67.1 cm³/mol. The highest BCUT2D eigenvalue weighted by Gasteiger charge is 2.07. The van der Waals surface area contributed by atoms with Gasteiger partial charge in [0.25, 0.3) is 0 Å². The first-order valence-corrected chi connectivity index (χ1v) is 6.17. The van der Waals surface area contributed by atoms with E-state index >= 15 is 0 Å². The van der Waals surface area contributed by atoms with Crippen LogP contribution in [0.4, 0.5) is 0 Å². The van der Waals surface area contributed by atoms with Crippen LogP contribution in [0.3, 0.4) is 0 Å². The number of nitrogens with one attached hydrogen (secondary N) is 1. The second-order valence-corrected chi connectivity index (χ2v) is 4.47. The summed E-state index contributed by atoms with van der Waals surface area (Å²) < 4.78 is 5.06. The van der Waals surface area contributed by atoms with Crippen molar-refractivity contribution in [3.63, 3.8) is 0 Å². The van der Waals surface area contributed by atoms with E-state index in [1.807, 2.05) is 6.20 Å². The molecule has 0 aliphatic carbocycles. The first kappa shape index (κ1) is 11.9. The van der Waals surface area contributed by atoms with Crippen LogP contribution in [0.5, 0.6) is 5.88 Å². The Kier molecular flexibility index (Phi) is 4.00. The fourth-order valence-electron chi connectivity index (χ4n) is 1.32. The second-order valence-electron chi connectivity index (χ2n) is 3.36. The fraction of sp³-hybridized carbons (Fsp3) is 0.364. The summed E-state index contributed by atoms with van der Waals surface area (Å²) >= 11 is 1.63. The van der Waals surface area contributed by atoms with Crippen LogP contribution in [-0.2, 0) is 6.54 Å². The number of hydrogen-bond acceptors (Lipinski definition) is 6. The van der Waals surface area contributed by atoms with Gasteiger partial charge in [-0.05, 0) is 6.54 Å². The molecule has 0 saturated heterocycles. The van der Waals surface area contributed by atoms with Crippen molar-refractivity contribution in [1.82, 2.24) is 20.3 Å². The molecule has 0 spiro atoms. The molecule has 1 N–H and O–H groups in total. The maximum atomic E-state index is 5.06. The van der Waals surface area contributed by atoms with Gasteiger partial charge in [-0.15, -0.1) is 11.3 Å². The molecule has 2 aromatic rings. The van der Waals surface area contributed by atoms with Crippen LogP contribution in [0.1, 0.15) is 11.8 Å². The van der Waals surface area contributed by atoms with Gasteiger partial charge in [0.15, 0.2) is 0 Å². The van der Waals surface area contributed by atoms with Crippen molar-refractivity contribution < 1.29 is 4.74 Å². The minimum atomic E-state index is 0.554. The molecule has 5 nitrogen and oxygen atoms in total. The van der Waals surface area contributed by atoms with Gasteiger partial charge in [-0.3, -0.25) is 0 Å². The monoisotopic (exact) mass is 250 g/mol. The topological polar surface area (TPSA) is 59.9 Å². The van der Waals surface area contributed by atoms with Crippen LogP contribution in [0.25, 0.3) is 10.7 Å². The lowest BCUT2D eigenvalue weighted by molar-refractivity contribution is 0.397. The lowest BCUT2D eigenvalue weighted by Gasteiger charge is -1.99. The lowest BCUT2D eigenvalue weighted by Crippen LogP contribution is -2.10. The van der Waals surface area contributed by atoms with Crippen LogP contribution in [-0.4, -0.2) is 28.6 Å². The van der Waals surface area contributed by atoms with Gasteiger partial charge >= 0.3 is 0 Å². The standard InChI is InChI=1S/C11H14N4OS/c1-3-12-5-8-6-13-11(17-8)9-4-10(16-2)15-7-14-9/h4,6-7,12H,3,5H2,1-2H3. The molecular formula is C11H14N4OS. The van der Waals surface area contributed by atoms with Crippen molar-refractivity contribution in [2.24, 2.45) is 0 Å². The molecule has 2 rings (SSSR count). The Hall–Kier alpha value is -1.53. The summed E-state index contributed by atoms with van der Waals surface area (Å²) in [6, 6.07) is 1.79. The van der Waals surface area contributed by atoms with Crippen LogP contribution >= 0.6 is 11.3 Å². The van der Waals surface area contributed by atoms with Crippen LogP contribution in [0.15, 0.2) is 18.6 Å². The molecule has 0 unspecified atom stereocenters. The molecule has 0 aliphatic rings. The van der Waals surface area contributed by atoms with Crippen molar-refractivity contribution in [2.45, 2.75) is 13.5 Å². The summed E-state index contributed by atoms with van der Waals surface area (Å²) in [4.78, 5) is 13.7. The predicted octanol–water partition coefficient (Wildman–Crippen LogP) is 1.72. The largest absolute Gasteiger partial charge is 0.481 e. The van der Waals surface area contributed by atoms with E-state index in [9.17, 15) is 0 Å². The number of methoxy groups -OCH3 is 1. The molecule has 90 valence electrons. The maximum absolute atomic E-state index is 5.06. The molecular weight excluding hydrogens is 236 g/mol. The average Bonchev–Trinajstić information content (AvgIpc) is 2.85. The van der Waals surface area contributed by atoms with Gasteiger partial charge in [-0.1, -0.05) is 6.92 Å². The van der Waals surface area contributed by atoms with Gasteiger partial charge in [0.2, 0.25) is 5.88 Å². The highest BCUT2D eigenvalue weighted by Crippen LogP contribution is 2.24. The van der Waals surface area contributed by atoms with E-state index < -0.39 is 0 Å². The number of ether oxygens (including phenoxy) is 1. The SMILES string of the molecule is CCNCc1cnc(-c2cc(OC)ncn2)s1. The molecule has 2 heterocycles. The number of thiazole rings is 1. The maximum Gasteiger partial charge on any atom is 0.216 e. The molecule has 0 aromatic carbocycles. The Labute approximate surface area is 104 Å². The third-order valence-electron chi connectivity index (χ3n) is 2.17. The number of nitrogens with zero attached hydrogens (tertiary/aromatic N) is 3. The van der Waals surface area contributed by atoms with Crippen molar-refractivity contribution >= 4 is 11.3 Å². The molecule has 0 amide bonds. The third-order valence-corrected chi connectivity index (χ3v) is 3.19. The zero-order valence-electron chi connectivity index (χ0n) is 9.80.